The first kappa shape index (κ1) is 19.4. The van der Waals surface area contributed by atoms with Gasteiger partial charge in [-0.25, -0.2) is 14.8 Å². The van der Waals surface area contributed by atoms with Crippen LogP contribution in [-0.2, 0) is 22.4 Å². The molecule has 0 aromatic carbocycles. The van der Waals surface area contributed by atoms with Gasteiger partial charge in [-0.1, -0.05) is 11.8 Å². The van der Waals surface area contributed by atoms with E-state index in [1.807, 2.05) is 0 Å². The molecule has 5 N–H and O–H groups in total. The number of nitrogens with zero attached hydrogens (tertiary/aromatic N) is 2. The van der Waals surface area contributed by atoms with Crippen LogP contribution in [0.4, 0.5) is 16.6 Å². The lowest BCUT2D eigenvalue weighted by atomic mass is 9.95. The molecule has 0 saturated carbocycles. The molecule has 1 amide bonds. The molecule has 144 valence electrons. The number of nitrogens with two attached hydrogens (primary N) is 2. The van der Waals surface area contributed by atoms with Crippen LogP contribution in [0.3, 0.4) is 0 Å². The summed E-state index contributed by atoms with van der Waals surface area (Å²) >= 11 is 2.77. The number of ether oxygens (including phenoxy) is 1. The molecule has 0 saturated heterocycles. The number of esters is 1. The lowest BCUT2D eigenvalue weighted by molar-refractivity contribution is -0.115. The Morgan fingerprint density at radius 1 is 1.26 bits per heavy atom. The number of amides is 1. The van der Waals surface area contributed by atoms with E-state index in [9.17, 15) is 9.59 Å². The molecule has 8 nitrogen and oxygen atoms in total. The van der Waals surface area contributed by atoms with Gasteiger partial charge in [0.2, 0.25) is 5.91 Å². The van der Waals surface area contributed by atoms with Gasteiger partial charge in [0.15, 0.2) is 5.16 Å². The third kappa shape index (κ3) is 4.69. The Morgan fingerprint density at radius 2 is 1.96 bits per heavy atom. The van der Waals surface area contributed by atoms with Crippen LogP contribution in [0.15, 0.2) is 11.2 Å². The SMILES string of the molecule is COC(=O)c1c(NC(=O)CCSc2nc(N)cc(N)n2)sc2c1CCCC2. The van der Waals surface area contributed by atoms with Gasteiger partial charge < -0.3 is 21.5 Å². The molecule has 2 heterocycles. The van der Waals surface area contributed by atoms with Crippen LogP contribution < -0.4 is 16.8 Å². The topological polar surface area (TPSA) is 133 Å². The normalized spacial score (nSPS) is 13.1. The monoisotopic (exact) mass is 407 g/mol. The van der Waals surface area contributed by atoms with Crippen LogP contribution in [0.2, 0.25) is 0 Å². The summed E-state index contributed by atoms with van der Waals surface area (Å²) < 4.78 is 4.92. The number of rotatable bonds is 6. The summed E-state index contributed by atoms with van der Waals surface area (Å²) in [7, 11) is 1.36. The highest BCUT2D eigenvalue weighted by molar-refractivity contribution is 7.99. The zero-order valence-electron chi connectivity index (χ0n) is 14.9. The molecule has 2 aromatic heterocycles. The molecule has 0 aliphatic heterocycles. The smallest absolute Gasteiger partial charge is 0.341 e. The minimum Gasteiger partial charge on any atom is -0.465 e. The van der Waals surface area contributed by atoms with Crippen molar-refractivity contribution in [3.05, 3.63) is 22.1 Å². The highest BCUT2D eigenvalue weighted by Gasteiger charge is 2.26. The Labute approximate surface area is 165 Å². The van der Waals surface area contributed by atoms with Gasteiger partial charge in [0, 0.05) is 23.1 Å². The largest absolute Gasteiger partial charge is 0.465 e. The van der Waals surface area contributed by atoms with Gasteiger partial charge in [-0.05, 0) is 31.2 Å². The van der Waals surface area contributed by atoms with Crippen molar-refractivity contribution in [3.8, 4) is 0 Å². The van der Waals surface area contributed by atoms with E-state index < -0.39 is 5.97 Å². The van der Waals surface area contributed by atoms with Gasteiger partial charge >= 0.3 is 5.97 Å². The number of carbonyl (C=O) groups is 2. The minimum atomic E-state index is -0.400. The molecule has 2 aromatic rings. The van der Waals surface area contributed by atoms with Crippen LogP contribution in [0.5, 0.6) is 0 Å². The summed E-state index contributed by atoms with van der Waals surface area (Å²) in [5, 5.41) is 3.88. The van der Waals surface area contributed by atoms with Gasteiger partial charge in [0.25, 0.3) is 0 Å². The fourth-order valence-electron chi connectivity index (χ4n) is 2.92. The van der Waals surface area contributed by atoms with E-state index in [-0.39, 0.29) is 12.3 Å². The molecule has 0 fully saturated rings. The average Bonchev–Trinajstić information content (AvgIpc) is 2.98. The molecular formula is C17H21N5O3S2. The van der Waals surface area contributed by atoms with Crippen molar-refractivity contribution < 1.29 is 14.3 Å². The Hall–Kier alpha value is -2.33. The molecule has 0 unspecified atom stereocenters. The van der Waals surface area contributed by atoms with Crippen molar-refractivity contribution in [1.29, 1.82) is 0 Å². The third-order valence-corrected chi connectivity index (χ3v) is 6.18. The van der Waals surface area contributed by atoms with E-state index in [2.05, 4.69) is 15.3 Å². The lowest BCUT2D eigenvalue weighted by Gasteiger charge is -2.11. The molecule has 1 aliphatic carbocycles. The number of hydrogen-bond acceptors (Lipinski definition) is 9. The number of thioether (sulfide) groups is 1. The van der Waals surface area contributed by atoms with Crippen molar-refractivity contribution in [1.82, 2.24) is 9.97 Å². The molecule has 10 heteroatoms. The predicted octanol–water partition coefficient (Wildman–Crippen LogP) is 2.49. The van der Waals surface area contributed by atoms with Crippen molar-refractivity contribution in [3.63, 3.8) is 0 Å². The molecule has 3 rings (SSSR count). The van der Waals surface area contributed by atoms with Crippen LogP contribution in [0.1, 0.15) is 40.1 Å². The highest BCUT2D eigenvalue weighted by Crippen LogP contribution is 2.38. The molecule has 0 spiro atoms. The third-order valence-electron chi connectivity index (χ3n) is 4.12. The Balaban J connectivity index is 1.63. The summed E-state index contributed by atoms with van der Waals surface area (Å²) in [6.45, 7) is 0. The van der Waals surface area contributed by atoms with Crippen LogP contribution in [0, 0.1) is 0 Å². The number of carbonyl (C=O) groups excluding carboxylic acids is 2. The van der Waals surface area contributed by atoms with Crippen LogP contribution in [0.25, 0.3) is 0 Å². The highest BCUT2D eigenvalue weighted by atomic mass is 32.2. The van der Waals surface area contributed by atoms with Gasteiger partial charge in [0.05, 0.1) is 12.7 Å². The summed E-state index contributed by atoms with van der Waals surface area (Å²) in [6.07, 6.45) is 4.16. The molecule has 27 heavy (non-hydrogen) atoms. The van der Waals surface area contributed by atoms with E-state index in [1.165, 1.54) is 36.3 Å². The molecule has 0 radical (unpaired) electrons. The Kier molecular flexibility index (Phi) is 6.17. The average molecular weight is 408 g/mol. The number of methoxy groups -OCH3 is 1. The van der Waals surface area contributed by atoms with E-state index in [4.69, 9.17) is 16.2 Å². The predicted molar refractivity (Wildman–Crippen MR) is 107 cm³/mol. The summed E-state index contributed by atoms with van der Waals surface area (Å²) in [5.41, 5.74) is 12.8. The maximum absolute atomic E-state index is 12.4. The maximum Gasteiger partial charge on any atom is 0.341 e. The van der Waals surface area contributed by atoms with Crippen molar-refractivity contribution in [2.45, 2.75) is 37.3 Å². The lowest BCUT2D eigenvalue weighted by Crippen LogP contribution is -2.15. The van der Waals surface area contributed by atoms with Crippen LogP contribution >= 0.6 is 23.1 Å². The number of nitrogens with one attached hydrogen (secondary N) is 1. The number of aryl methyl sites for hydroxylation is 1. The first-order valence-corrected chi connectivity index (χ1v) is 10.3. The molecule has 0 bridgehead atoms. The second kappa shape index (κ2) is 8.57. The van der Waals surface area contributed by atoms with Gasteiger partial charge in [-0.15, -0.1) is 11.3 Å². The van der Waals surface area contributed by atoms with Crippen molar-refractivity contribution in [2.24, 2.45) is 0 Å². The van der Waals surface area contributed by atoms with E-state index in [0.717, 1.165) is 36.1 Å². The number of fused-ring (bicyclic) bond motifs is 1. The van der Waals surface area contributed by atoms with E-state index in [1.54, 1.807) is 0 Å². The first-order valence-electron chi connectivity index (χ1n) is 8.53. The maximum atomic E-state index is 12.4. The standard InChI is InChI=1S/C17H21N5O3S2/c1-25-16(24)14-9-4-2-3-5-10(9)27-15(14)22-13(23)6-7-26-17-20-11(18)8-12(19)21-17/h8H,2-7H2,1H3,(H,22,23)(H4,18,19,20,21). The molecule has 1 aliphatic rings. The fraction of sp³-hybridized carbons (Fsp3) is 0.412. The van der Waals surface area contributed by atoms with Gasteiger partial charge in [0.1, 0.15) is 16.6 Å². The second-order valence-electron chi connectivity index (χ2n) is 6.05. The first-order chi connectivity index (χ1) is 13.0. The second-order valence-corrected chi connectivity index (χ2v) is 8.22. The summed E-state index contributed by atoms with van der Waals surface area (Å²) in [4.78, 5) is 33.8. The van der Waals surface area contributed by atoms with E-state index in [0.29, 0.717) is 33.1 Å². The Morgan fingerprint density at radius 3 is 2.67 bits per heavy atom. The number of hydrogen-bond donors (Lipinski definition) is 3. The quantitative estimate of drug-likeness (QED) is 0.378. The van der Waals surface area contributed by atoms with Crippen molar-refractivity contribution in [2.75, 3.05) is 29.6 Å². The number of aromatic nitrogens is 2. The summed E-state index contributed by atoms with van der Waals surface area (Å²) in [6, 6.07) is 1.48. The molecule has 0 atom stereocenters. The summed E-state index contributed by atoms with van der Waals surface area (Å²) in [5.74, 6) is 0.474. The van der Waals surface area contributed by atoms with Gasteiger partial charge in [-0.3, -0.25) is 4.79 Å². The van der Waals surface area contributed by atoms with Crippen LogP contribution in [-0.4, -0.2) is 34.7 Å². The minimum absolute atomic E-state index is 0.178. The number of nitrogen functional groups attached to an aromatic ring is 2. The number of thiophene rings is 1. The van der Waals surface area contributed by atoms with Crippen molar-refractivity contribution >= 4 is 51.6 Å². The zero-order chi connectivity index (χ0) is 19.4. The fourth-order valence-corrected chi connectivity index (χ4v) is 5.03. The zero-order valence-corrected chi connectivity index (χ0v) is 16.5. The van der Waals surface area contributed by atoms with Gasteiger partial charge in [-0.2, -0.15) is 0 Å². The number of anilines is 3. The van der Waals surface area contributed by atoms with E-state index >= 15 is 0 Å². The Bertz CT molecular complexity index is 848. The molecular weight excluding hydrogens is 386 g/mol.